The van der Waals surface area contributed by atoms with Gasteiger partial charge in [-0.25, -0.2) is 22.0 Å². The summed E-state index contributed by atoms with van der Waals surface area (Å²) in [5.74, 6) is -0.947. The fourth-order valence-electron chi connectivity index (χ4n) is 2.01. The molecule has 0 heterocycles. The molecule has 2 aromatic carbocycles. The molecule has 2 N–H and O–H groups in total. The Balaban J connectivity index is 0.000000300. The smallest absolute Gasteiger partial charge is 0.228 e. The third kappa shape index (κ3) is 10.3. The van der Waals surface area contributed by atoms with Crippen LogP contribution in [0, 0.1) is 0 Å². The van der Waals surface area contributed by atoms with Crippen molar-refractivity contribution >= 4 is 29.8 Å². The highest BCUT2D eigenvalue weighted by Crippen LogP contribution is 2.30. The fourth-order valence-corrected chi connectivity index (χ4v) is 3.64. The Morgan fingerprint density at radius 2 is 0.967 bits per heavy atom. The topological polar surface area (TPSA) is 94.3 Å². The summed E-state index contributed by atoms with van der Waals surface area (Å²) in [6.45, 7) is 0. The molecule has 0 saturated carbocycles. The largest absolute Gasteiger partial charge is 0.416 e. The normalized spacial score (nSPS) is 12.8. The van der Waals surface area contributed by atoms with E-state index < -0.39 is 54.1 Å². The minimum Gasteiger partial charge on any atom is -0.228 e. The Hall–Kier alpha value is -1.83. The van der Waals surface area contributed by atoms with Crippen molar-refractivity contribution in [3.8, 4) is 0 Å². The van der Waals surface area contributed by atoms with E-state index in [2.05, 4.69) is 0 Å². The van der Waals surface area contributed by atoms with Gasteiger partial charge in [-0.1, -0.05) is 24.3 Å². The van der Waals surface area contributed by atoms with Crippen LogP contribution in [-0.4, -0.2) is 16.8 Å². The van der Waals surface area contributed by atoms with Crippen molar-refractivity contribution in [2.24, 2.45) is 5.14 Å². The summed E-state index contributed by atoms with van der Waals surface area (Å²) < 4.78 is 115. The van der Waals surface area contributed by atoms with E-state index in [0.29, 0.717) is 0 Å². The molecule has 0 saturated heterocycles. The predicted octanol–water partition coefficient (Wildman–Crippen LogP) is 4.27. The summed E-state index contributed by atoms with van der Waals surface area (Å²) in [6.07, 6.45) is -8.83. The molecule has 0 unspecified atom stereocenters. The molecular weight excluding hydrogens is 484 g/mol. The van der Waals surface area contributed by atoms with Gasteiger partial charge in [0.2, 0.25) is 19.1 Å². The van der Waals surface area contributed by atoms with E-state index in [1.165, 1.54) is 0 Å². The molecule has 0 aromatic heterocycles. The molecule has 0 fully saturated rings. The van der Waals surface area contributed by atoms with Crippen molar-refractivity contribution < 1.29 is 43.2 Å². The van der Waals surface area contributed by atoms with Crippen molar-refractivity contribution in [3.63, 3.8) is 0 Å². The molecule has 0 spiro atoms. The van der Waals surface area contributed by atoms with Gasteiger partial charge in [-0.15, -0.1) is 0 Å². The van der Waals surface area contributed by atoms with Gasteiger partial charge in [0, 0.05) is 10.7 Å². The lowest BCUT2D eigenvalue weighted by molar-refractivity contribution is -0.138. The lowest BCUT2D eigenvalue weighted by Gasteiger charge is -2.06. The summed E-state index contributed by atoms with van der Waals surface area (Å²) in [5, 5.41) is 4.74. The van der Waals surface area contributed by atoms with Gasteiger partial charge in [0.25, 0.3) is 0 Å². The number of hydrogen-bond donors (Lipinski definition) is 1. The first-order chi connectivity index (χ1) is 13.4. The number of halogens is 7. The average molecular weight is 498 g/mol. The van der Waals surface area contributed by atoms with Gasteiger partial charge in [-0.05, 0) is 35.4 Å². The molecule has 168 valence electrons. The summed E-state index contributed by atoms with van der Waals surface area (Å²) in [4.78, 5) is 0. The van der Waals surface area contributed by atoms with Crippen molar-refractivity contribution in [3.05, 3.63) is 70.8 Å². The van der Waals surface area contributed by atoms with Crippen LogP contribution in [0.25, 0.3) is 0 Å². The second kappa shape index (κ2) is 9.54. The van der Waals surface area contributed by atoms with Gasteiger partial charge in [0.15, 0.2) is 0 Å². The predicted molar refractivity (Wildman–Crippen MR) is 98.2 cm³/mol. The Bertz CT molecular complexity index is 961. The first-order valence-corrected chi connectivity index (χ1v) is 11.8. The number of rotatable bonds is 4. The Morgan fingerprint density at radius 3 is 1.20 bits per heavy atom. The first kappa shape index (κ1) is 26.2. The van der Waals surface area contributed by atoms with Crippen LogP contribution in [0.1, 0.15) is 22.3 Å². The zero-order valence-electron chi connectivity index (χ0n) is 14.7. The zero-order valence-corrected chi connectivity index (χ0v) is 17.1. The van der Waals surface area contributed by atoms with Gasteiger partial charge >= 0.3 is 12.4 Å². The molecule has 0 atom stereocenters. The Morgan fingerprint density at radius 1 is 0.667 bits per heavy atom. The van der Waals surface area contributed by atoms with Crippen LogP contribution in [0.3, 0.4) is 0 Å². The molecule has 0 aliphatic carbocycles. The van der Waals surface area contributed by atoms with Gasteiger partial charge in [0.1, 0.15) is 0 Å². The van der Waals surface area contributed by atoms with Crippen LogP contribution >= 0.6 is 10.7 Å². The SMILES string of the molecule is NS(=O)(=O)Cc1ccc(C(F)(F)F)cc1.O=S(=O)(Cl)Cc1ccc(C(F)(F)F)cc1. The van der Waals surface area contributed by atoms with E-state index in [4.69, 9.17) is 15.8 Å². The van der Waals surface area contributed by atoms with E-state index in [1.54, 1.807) is 0 Å². The second-order valence-electron chi connectivity index (χ2n) is 5.88. The van der Waals surface area contributed by atoms with Crippen molar-refractivity contribution in [2.45, 2.75) is 23.9 Å². The van der Waals surface area contributed by atoms with E-state index in [9.17, 15) is 43.2 Å². The van der Waals surface area contributed by atoms with Crippen molar-refractivity contribution in [2.75, 3.05) is 0 Å². The maximum atomic E-state index is 12.1. The molecule has 14 heteroatoms. The summed E-state index contributed by atoms with van der Waals surface area (Å²) in [5.41, 5.74) is -1.19. The molecule has 0 amide bonds. The molecule has 2 rings (SSSR count). The lowest BCUT2D eigenvalue weighted by atomic mass is 10.1. The fraction of sp³-hybridized carbons (Fsp3) is 0.250. The number of nitrogens with two attached hydrogens (primary N) is 1. The molecule has 0 aliphatic heterocycles. The number of primary sulfonamides is 1. The molecule has 5 nitrogen and oxygen atoms in total. The van der Waals surface area contributed by atoms with Crippen molar-refractivity contribution in [1.29, 1.82) is 0 Å². The van der Waals surface area contributed by atoms with Gasteiger partial charge < -0.3 is 0 Å². The number of sulfonamides is 1. The number of benzene rings is 2. The third-order valence-electron chi connectivity index (χ3n) is 3.27. The maximum absolute atomic E-state index is 12.1. The standard InChI is InChI=1S/C8H6ClF3O2S.C8H8F3NO2S/c9-15(13,14)5-6-1-3-7(4-2-6)8(10,11)12;9-8(10,11)7-3-1-6(2-4-7)5-15(12,13)14/h1-4H,5H2;1-4H,5H2,(H2,12,13,14). The monoisotopic (exact) mass is 497 g/mol. The van der Waals surface area contributed by atoms with Crippen LogP contribution < -0.4 is 5.14 Å². The Kier molecular flexibility index (Phi) is 8.33. The van der Waals surface area contributed by atoms with E-state index in [-0.39, 0.29) is 11.1 Å². The molecule has 2 aromatic rings. The third-order valence-corrected chi connectivity index (χ3v) is 5.01. The van der Waals surface area contributed by atoms with Crippen LogP contribution in [0.5, 0.6) is 0 Å². The van der Waals surface area contributed by atoms with Gasteiger partial charge in [0.05, 0.1) is 22.6 Å². The molecule has 30 heavy (non-hydrogen) atoms. The first-order valence-electron chi connectivity index (χ1n) is 7.62. The van der Waals surface area contributed by atoms with Gasteiger partial charge in [-0.3, -0.25) is 0 Å². The molecule has 0 aliphatic rings. The van der Waals surface area contributed by atoms with E-state index in [1.807, 2.05) is 0 Å². The molecule has 0 radical (unpaired) electrons. The van der Waals surface area contributed by atoms with Crippen LogP contribution in [0.2, 0.25) is 0 Å². The minimum absolute atomic E-state index is 0.220. The van der Waals surface area contributed by atoms with Gasteiger partial charge in [-0.2, -0.15) is 26.3 Å². The van der Waals surface area contributed by atoms with Crippen molar-refractivity contribution in [1.82, 2.24) is 0 Å². The summed E-state index contributed by atoms with van der Waals surface area (Å²) in [6, 6.07) is 7.63. The van der Waals surface area contributed by atoms with E-state index in [0.717, 1.165) is 48.5 Å². The highest BCUT2D eigenvalue weighted by molar-refractivity contribution is 8.13. The van der Waals surface area contributed by atoms with Crippen LogP contribution in [0.15, 0.2) is 48.5 Å². The quantitative estimate of drug-likeness (QED) is 0.504. The van der Waals surface area contributed by atoms with E-state index >= 15 is 0 Å². The highest BCUT2D eigenvalue weighted by Gasteiger charge is 2.30. The lowest BCUT2D eigenvalue weighted by Crippen LogP contribution is -2.14. The number of alkyl halides is 6. The zero-order chi connectivity index (χ0) is 23.4. The molecule has 0 bridgehead atoms. The summed E-state index contributed by atoms with van der Waals surface area (Å²) >= 11 is 0. The van der Waals surface area contributed by atoms with Crippen LogP contribution in [0.4, 0.5) is 26.3 Å². The van der Waals surface area contributed by atoms with Crippen LogP contribution in [-0.2, 0) is 42.9 Å². The average Bonchev–Trinajstić information content (AvgIpc) is 2.51. The summed E-state index contributed by atoms with van der Waals surface area (Å²) in [7, 11) is -2.49. The second-order valence-corrected chi connectivity index (χ2v) is 10.3. The molecular formula is C16H14ClF6NO4S2. The minimum atomic E-state index is -4.42. The maximum Gasteiger partial charge on any atom is 0.416 e. The number of hydrogen-bond acceptors (Lipinski definition) is 4. The Labute approximate surface area is 172 Å². The highest BCUT2D eigenvalue weighted by atomic mass is 35.7.